The maximum absolute atomic E-state index is 5.76. The molecule has 2 heterocycles. The van der Waals surface area contributed by atoms with Gasteiger partial charge in [-0.1, -0.05) is 18.2 Å². The Morgan fingerprint density at radius 1 is 1.43 bits per heavy atom. The van der Waals surface area contributed by atoms with E-state index in [4.69, 9.17) is 4.74 Å². The summed E-state index contributed by atoms with van der Waals surface area (Å²) in [6.07, 6.45) is 3.24. The minimum Gasteiger partial charge on any atom is -0.493 e. The van der Waals surface area contributed by atoms with Crippen molar-refractivity contribution in [3.8, 4) is 5.75 Å². The molecule has 21 heavy (non-hydrogen) atoms. The largest absolute Gasteiger partial charge is 0.493 e. The van der Waals surface area contributed by atoms with Gasteiger partial charge in [-0.05, 0) is 44.4 Å². The summed E-state index contributed by atoms with van der Waals surface area (Å²) < 4.78 is 5.76. The molecular formula is C17H22N2OS. The van der Waals surface area contributed by atoms with Gasteiger partial charge < -0.3 is 10.1 Å². The Balaban J connectivity index is 1.70. The molecule has 0 radical (unpaired) electrons. The van der Waals surface area contributed by atoms with Crippen LogP contribution in [0.3, 0.4) is 0 Å². The van der Waals surface area contributed by atoms with E-state index in [0.29, 0.717) is 12.0 Å². The van der Waals surface area contributed by atoms with Crippen LogP contribution in [-0.2, 0) is 6.42 Å². The molecule has 2 unspecified atom stereocenters. The van der Waals surface area contributed by atoms with Crippen LogP contribution in [0.2, 0.25) is 0 Å². The van der Waals surface area contributed by atoms with Crippen LogP contribution in [0, 0.1) is 6.92 Å². The van der Waals surface area contributed by atoms with Gasteiger partial charge in [0.05, 0.1) is 17.3 Å². The third-order valence-electron chi connectivity index (χ3n) is 4.18. The molecule has 1 N–H and O–H groups in total. The van der Waals surface area contributed by atoms with E-state index in [1.165, 1.54) is 11.3 Å². The van der Waals surface area contributed by atoms with E-state index >= 15 is 0 Å². The molecule has 1 aromatic carbocycles. The topological polar surface area (TPSA) is 34.2 Å². The van der Waals surface area contributed by atoms with Crippen molar-refractivity contribution < 1.29 is 4.74 Å². The number of nitrogens with one attached hydrogen (secondary N) is 1. The minimum absolute atomic E-state index is 0.461. The van der Waals surface area contributed by atoms with Gasteiger partial charge in [-0.2, -0.15) is 0 Å². The number of para-hydroxylation sites is 1. The van der Waals surface area contributed by atoms with E-state index in [9.17, 15) is 0 Å². The molecule has 1 aliphatic rings. The molecule has 2 atom stereocenters. The van der Waals surface area contributed by atoms with Crippen molar-refractivity contribution in [2.45, 2.75) is 38.1 Å². The van der Waals surface area contributed by atoms with Crippen LogP contribution < -0.4 is 10.1 Å². The van der Waals surface area contributed by atoms with E-state index in [0.717, 1.165) is 36.6 Å². The van der Waals surface area contributed by atoms with Gasteiger partial charge in [0.1, 0.15) is 5.75 Å². The molecule has 4 heteroatoms. The van der Waals surface area contributed by atoms with Crippen molar-refractivity contribution in [2.75, 3.05) is 13.7 Å². The van der Waals surface area contributed by atoms with Crippen molar-refractivity contribution in [3.05, 3.63) is 45.9 Å². The quantitative estimate of drug-likeness (QED) is 0.917. The third-order valence-corrected chi connectivity index (χ3v) is 5.00. The Bertz CT molecular complexity index is 596. The summed E-state index contributed by atoms with van der Waals surface area (Å²) in [7, 11) is 2.05. The minimum atomic E-state index is 0.461. The average molecular weight is 302 g/mol. The smallest absolute Gasteiger partial charge is 0.122 e. The summed E-state index contributed by atoms with van der Waals surface area (Å²) in [5, 5.41) is 6.79. The first-order valence-electron chi connectivity index (χ1n) is 7.56. The molecule has 0 amide bonds. The van der Waals surface area contributed by atoms with Gasteiger partial charge in [-0.25, -0.2) is 4.98 Å². The highest BCUT2D eigenvalue weighted by Gasteiger charge is 2.24. The monoisotopic (exact) mass is 302 g/mol. The van der Waals surface area contributed by atoms with Gasteiger partial charge in [-0.3, -0.25) is 0 Å². The zero-order valence-electron chi connectivity index (χ0n) is 12.6. The maximum atomic E-state index is 5.76. The van der Waals surface area contributed by atoms with Gasteiger partial charge in [0.2, 0.25) is 0 Å². The van der Waals surface area contributed by atoms with Crippen LogP contribution in [0.25, 0.3) is 0 Å². The number of aryl methyl sites for hydroxylation is 1. The summed E-state index contributed by atoms with van der Waals surface area (Å²) in [6.45, 7) is 2.89. The second kappa shape index (κ2) is 6.58. The first kappa shape index (κ1) is 14.5. The number of aromatic nitrogens is 1. The fourth-order valence-corrected chi connectivity index (χ4v) is 3.69. The lowest BCUT2D eigenvalue weighted by atomic mass is 9.86. The Morgan fingerprint density at radius 2 is 2.29 bits per heavy atom. The number of rotatable bonds is 5. The number of nitrogens with zero attached hydrogens (tertiary/aromatic N) is 1. The van der Waals surface area contributed by atoms with Crippen molar-refractivity contribution in [1.29, 1.82) is 0 Å². The molecular weight excluding hydrogens is 280 g/mol. The lowest BCUT2D eigenvalue weighted by molar-refractivity contribution is 0.255. The Kier molecular flexibility index (Phi) is 4.56. The second-order valence-corrected chi connectivity index (χ2v) is 6.72. The van der Waals surface area contributed by atoms with Crippen LogP contribution in [0.5, 0.6) is 5.75 Å². The fourth-order valence-electron chi connectivity index (χ4n) is 3.06. The molecule has 0 aliphatic carbocycles. The van der Waals surface area contributed by atoms with E-state index in [-0.39, 0.29) is 0 Å². The summed E-state index contributed by atoms with van der Waals surface area (Å²) >= 11 is 1.73. The van der Waals surface area contributed by atoms with E-state index in [1.54, 1.807) is 11.3 Å². The summed E-state index contributed by atoms with van der Waals surface area (Å²) in [6, 6.07) is 8.91. The van der Waals surface area contributed by atoms with Crippen LogP contribution in [0.1, 0.15) is 35.0 Å². The molecule has 0 saturated carbocycles. The number of fused-ring (bicyclic) bond motifs is 1. The number of ether oxygens (including phenoxy) is 1. The van der Waals surface area contributed by atoms with Crippen molar-refractivity contribution >= 4 is 11.3 Å². The highest BCUT2D eigenvalue weighted by Crippen LogP contribution is 2.36. The SMILES string of the molecule is CNC(Cc1csc(C)n1)CC1CCOc2ccccc21. The third kappa shape index (κ3) is 3.44. The highest BCUT2D eigenvalue weighted by molar-refractivity contribution is 7.09. The molecule has 0 fully saturated rings. The Labute approximate surface area is 130 Å². The van der Waals surface area contributed by atoms with Crippen LogP contribution >= 0.6 is 11.3 Å². The molecule has 1 aliphatic heterocycles. The summed E-state index contributed by atoms with van der Waals surface area (Å²) in [5.74, 6) is 1.64. The number of hydrogen-bond donors (Lipinski definition) is 1. The van der Waals surface area contributed by atoms with Gasteiger partial charge in [-0.15, -0.1) is 11.3 Å². The maximum Gasteiger partial charge on any atom is 0.122 e. The molecule has 0 bridgehead atoms. The van der Waals surface area contributed by atoms with E-state index in [2.05, 4.69) is 53.9 Å². The van der Waals surface area contributed by atoms with Crippen molar-refractivity contribution in [2.24, 2.45) is 0 Å². The average Bonchev–Trinajstić information content (AvgIpc) is 2.92. The zero-order valence-corrected chi connectivity index (χ0v) is 13.5. The molecule has 112 valence electrons. The van der Waals surface area contributed by atoms with E-state index in [1.807, 2.05) is 0 Å². The molecule has 2 aromatic rings. The zero-order chi connectivity index (χ0) is 14.7. The van der Waals surface area contributed by atoms with Crippen LogP contribution in [0.4, 0.5) is 0 Å². The van der Waals surface area contributed by atoms with E-state index < -0.39 is 0 Å². The number of likely N-dealkylation sites (N-methyl/N-ethyl adjacent to an activating group) is 1. The van der Waals surface area contributed by atoms with Crippen molar-refractivity contribution in [3.63, 3.8) is 0 Å². The van der Waals surface area contributed by atoms with Gasteiger partial charge in [0.25, 0.3) is 0 Å². The van der Waals surface area contributed by atoms with Gasteiger partial charge in [0.15, 0.2) is 0 Å². The number of hydrogen-bond acceptors (Lipinski definition) is 4. The number of benzene rings is 1. The first-order chi connectivity index (χ1) is 10.3. The standard InChI is InChI=1S/C17H22N2OS/c1-12-19-15(11-21-12)10-14(18-2)9-13-7-8-20-17-6-4-3-5-16(13)17/h3-6,11,13-14,18H,7-10H2,1-2H3. The first-order valence-corrected chi connectivity index (χ1v) is 8.44. The normalized spacial score (nSPS) is 18.9. The molecule has 1 aromatic heterocycles. The fraction of sp³-hybridized carbons (Fsp3) is 0.471. The molecule has 3 nitrogen and oxygen atoms in total. The predicted octanol–water partition coefficient (Wildman–Crippen LogP) is 3.54. The van der Waals surface area contributed by atoms with Crippen molar-refractivity contribution in [1.82, 2.24) is 10.3 Å². The molecule has 0 spiro atoms. The Morgan fingerprint density at radius 3 is 3.05 bits per heavy atom. The highest BCUT2D eigenvalue weighted by atomic mass is 32.1. The lowest BCUT2D eigenvalue weighted by Gasteiger charge is -2.28. The predicted molar refractivity (Wildman–Crippen MR) is 87.3 cm³/mol. The molecule has 0 saturated heterocycles. The molecule has 3 rings (SSSR count). The van der Waals surface area contributed by atoms with Crippen LogP contribution in [0.15, 0.2) is 29.6 Å². The second-order valence-electron chi connectivity index (χ2n) is 5.66. The van der Waals surface area contributed by atoms with Crippen LogP contribution in [-0.4, -0.2) is 24.7 Å². The summed E-state index contributed by atoms with van der Waals surface area (Å²) in [5.41, 5.74) is 2.57. The lowest BCUT2D eigenvalue weighted by Crippen LogP contribution is -2.31. The number of thiazole rings is 1. The van der Waals surface area contributed by atoms with Gasteiger partial charge in [0, 0.05) is 17.8 Å². The summed E-state index contributed by atoms with van der Waals surface area (Å²) in [4.78, 5) is 4.59. The Hall–Kier alpha value is -1.39. The van der Waals surface area contributed by atoms with Gasteiger partial charge >= 0.3 is 0 Å².